The van der Waals surface area contributed by atoms with E-state index in [4.69, 9.17) is 11.6 Å². The molecule has 0 saturated carbocycles. The van der Waals surface area contributed by atoms with Gasteiger partial charge in [-0.25, -0.2) is 14.4 Å². The van der Waals surface area contributed by atoms with Crippen molar-refractivity contribution in [3.8, 4) is 11.3 Å². The van der Waals surface area contributed by atoms with Crippen molar-refractivity contribution in [3.05, 3.63) is 40.9 Å². The van der Waals surface area contributed by atoms with Crippen LogP contribution in [-0.2, 0) is 0 Å². The number of halogens is 2. The second kappa shape index (κ2) is 5.97. The third kappa shape index (κ3) is 3.01. The SMILES string of the molecule is CCCNc1ncnc(-c2ccc(F)cc2Cl)c1C. The first-order valence-electron chi connectivity index (χ1n) is 6.14. The fourth-order valence-corrected chi connectivity index (χ4v) is 2.08. The topological polar surface area (TPSA) is 37.8 Å². The van der Waals surface area contributed by atoms with Crippen molar-refractivity contribution < 1.29 is 4.39 Å². The summed E-state index contributed by atoms with van der Waals surface area (Å²) in [5.74, 6) is 0.428. The van der Waals surface area contributed by atoms with Gasteiger partial charge < -0.3 is 5.32 Å². The van der Waals surface area contributed by atoms with E-state index in [0.29, 0.717) is 10.6 Å². The largest absolute Gasteiger partial charge is 0.370 e. The Morgan fingerprint density at radius 3 is 2.79 bits per heavy atom. The number of benzene rings is 1. The summed E-state index contributed by atoms with van der Waals surface area (Å²) in [4.78, 5) is 8.46. The normalized spacial score (nSPS) is 10.5. The van der Waals surface area contributed by atoms with E-state index >= 15 is 0 Å². The van der Waals surface area contributed by atoms with Crippen LogP contribution in [0.3, 0.4) is 0 Å². The molecule has 19 heavy (non-hydrogen) atoms. The van der Waals surface area contributed by atoms with Crippen LogP contribution in [0.15, 0.2) is 24.5 Å². The summed E-state index contributed by atoms with van der Waals surface area (Å²) in [5, 5.41) is 3.59. The Labute approximate surface area is 116 Å². The summed E-state index contributed by atoms with van der Waals surface area (Å²) in [6.07, 6.45) is 2.50. The Hall–Kier alpha value is -1.68. The number of nitrogens with one attached hydrogen (secondary N) is 1. The van der Waals surface area contributed by atoms with Crippen molar-refractivity contribution in [3.63, 3.8) is 0 Å². The lowest BCUT2D eigenvalue weighted by Gasteiger charge is -2.11. The van der Waals surface area contributed by atoms with Crippen LogP contribution in [0.5, 0.6) is 0 Å². The van der Waals surface area contributed by atoms with Gasteiger partial charge in [-0.15, -0.1) is 0 Å². The maximum atomic E-state index is 13.1. The first kappa shape index (κ1) is 13.7. The molecule has 0 aliphatic rings. The summed E-state index contributed by atoms with van der Waals surface area (Å²) in [6, 6.07) is 4.30. The van der Waals surface area contributed by atoms with Gasteiger partial charge in [-0.2, -0.15) is 0 Å². The molecule has 1 N–H and O–H groups in total. The second-order valence-electron chi connectivity index (χ2n) is 4.25. The van der Waals surface area contributed by atoms with E-state index in [2.05, 4.69) is 22.2 Å². The first-order chi connectivity index (χ1) is 9.13. The van der Waals surface area contributed by atoms with Gasteiger partial charge in [-0.05, 0) is 31.5 Å². The molecule has 2 rings (SSSR count). The molecular weight excluding hydrogens is 265 g/mol. The van der Waals surface area contributed by atoms with Crippen LogP contribution in [0.2, 0.25) is 5.02 Å². The Kier molecular flexibility index (Phi) is 4.32. The van der Waals surface area contributed by atoms with Gasteiger partial charge in [-0.1, -0.05) is 18.5 Å². The maximum absolute atomic E-state index is 13.1. The molecule has 0 spiro atoms. The second-order valence-corrected chi connectivity index (χ2v) is 4.65. The molecule has 5 heteroatoms. The maximum Gasteiger partial charge on any atom is 0.132 e. The smallest absolute Gasteiger partial charge is 0.132 e. The van der Waals surface area contributed by atoms with Crippen LogP contribution in [0.4, 0.5) is 10.2 Å². The van der Waals surface area contributed by atoms with Crippen LogP contribution < -0.4 is 5.32 Å². The zero-order chi connectivity index (χ0) is 13.8. The van der Waals surface area contributed by atoms with E-state index < -0.39 is 0 Å². The van der Waals surface area contributed by atoms with Crippen LogP contribution in [0.1, 0.15) is 18.9 Å². The van der Waals surface area contributed by atoms with Gasteiger partial charge in [0.15, 0.2) is 0 Å². The van der Waals surface area contributed by atoms with Gasteiger partial charge in [0.25, 0.3) is 0 Å². The molecule has 0 aliphatic heterocycles. The number of hydrogen-bond donors (Lipinski definition) is 1. The van der Waals surface area contributed by atoms with Crippen LogP contribution in [0.25, 0.3) is 11.3 Å². The minimum absolute atomic E-state index is 0.350. The minimum Gasteiger partial charge on any atom is -0.370 e. The summed E-state index contributed by atoms with van der Waals surface area (Å²) in [7, 11) is 0. The third-order valence-corrected chi connectivity index (χ3v) is 3.13. The number of anilines is 1. The highest BCUT2D eigenvalue weighted by Crippen LogP contribution is 2.31. The Bertz CT molecular complexity index is 587. The van der Waals surface area contributed by atoms with E-state index in [9.17, 15) is 4.39 Å². The van der Waals surface area contributed by atoms with Gasteiger partial charge in [0.2, 0.25) is 0 Å². The van der Waals surface area contributed by atoms with Gasteiger partial charge in [0.05, 0.1) is 10.7 Å². The molecule has 0 saturated heterocycles. The quantitative estimate of drug-likeness (QED) is 0.917. The molecule has 2 aromatic rings. The summed E-state index contributed by atoms with van der Waals surface area (Å²) < 4.78 is 13.1. The van der Waals surface area contributed by atoms with Gasteiger partial charge >= 0.3 is 0 Å². The molecule has 0 fully saturated rings. The number of rotatable bonds is 4. The Balaban J connectivity index is 2.44. The lowest BCUT2D eigenvalue weighted by molar-refractivity contribution is 0.628. The van der Waals surface area contributed by atoms with Gasteiger partial charge in [-0.3, -0.25) is 0 Å². The average Bonchev–Trinajstić information content (AvgIpc) is 2.38. The molecule has 0 atom stereocenters. The van der Waals surface area contributed by atoms with Crippen molar-refractivity contribution in [2.24, 2.45) is 0 Å². The lowest BCUT2D eigenvalue weighted by atomic mass is 10.1. The molecule has 0 aliphatic carbocycles. The Morgan fingerprint density at radius 1 is 1.32 bits per heavy atom. The summed E-state index contributed by atoms with van der Waals surface area (Å²) in [6.45, 7) is 4.85. The number of nitrogens with zero attached hydrogens (tertiary/aromatic N) is 2. The summed E-state index contributed by atoms with van der Waals surface area (Å²) >= 11 is 6.07. The van der Waals surface area contributed by atoms with Crippen molar-refractivity contribution in [1.82, 2.24) is 9.97 Å². The fourth-order valence-electron chi connectivity index (χ4n) is 1.82. The molecule has 1 aromatic carbocycles. The van der Waals surface area contributed by atoms with E-state index in [1.807, 2.05) is 6.92 Å². The molecule has 1 heterocycles. The fraction of sp³-hybridized carbons (Fsp3) is 0.286. The molecule has 0 unspecified atom stereocenters. The molecule has 1 aromatic heterocycles. The van der Waals surface area contributed by atoms with Crippen LogP contribution in [-0.4, -0.2) is 16.5 Å². The highest BCUT2D eigenvalue weighted by Gasteiger charge is 2.12. The Morgan fingerprint density at radius 2 is 2.11 bits per heavy atom. The van der Waals surface area contributed by atoms with E-state index in [0.717, 1.165) is 30.0 Å². The minimum atomic E-state index is -0.357. The molecule has 100 valence electrons. The molecule has 0 bridgehead atoms. The van der Waals surface area contributed by atoms with Gasteiger partial charge in [0, 0.05) is 17.7 Å². The van der Waals surface area contributed by atoms with Crippen LogP contribution >= 0.6 is 11.6 Å². The van der Waals surface area contributed by atoms with Crippen LogP contribution in [0, 0.1) is 12.7 Å². The number of hydrogen-bond acceptors (Lipinski definition) is 3. The van der Waals surface area contributed by atoms with Crippen molar-refractivity contribution >= 4 is 17.4 Å². The average molecular weight is 280 g/mol. The predicted molar refractivity (Wildman–Crippen MR) is 76.0 cm³/mol. The summed E-state index contributed by atoms with van der Waals surface area (Å²) in [5.41, 5.74) is 2.34. The molecular formula is C14H15ClFN3. The molecule has 0 radical (unpaired) electrons. The predicted octanol–water partition coefficient (Wildman–Crippen LogP) is 4.07. The van der Waals surface area contributed by atoms with E-state index in [-0.39, 0.29) is 5.82 Å². The zero-order valence-electron chi connectivity index (χ0n) is 10.9. The zero-order valence-corrected chi connectivity index (χ0v) is 11.6. The van der Waals surface area contributed by atoms with Crippen molar-refractivity contribution in [2.75, 3.05) is 11.9 Å². The first-order valence-corrected chi connectivity index (χ1v) is 6.52. The van der Waals surface area contributed by atoms with Crippen molar-refractivity contribution in [2.45, 2.75) is 20.3 Å². The van der Waals surface area contributed by atoms with Gasteiger partial charge in [0.1, 0.15) is 18.0 Å². The molecule has 3 nitrogen and oxygen atoms in total. The highest BCUT2D eigenvalue weighted by atomic mass is 35.5. The van der Waals surface area contributed by atoms with E-state index in [1.165, 1.54) is 18.5 Å². The van der Waals surface area contributed by atoms with Crippen molar-refractivity contribution in [1.29, 1.82) is 0 Å². The standard InChI is InChI=1S/C14H15ClFN3/c1-3-6-17-14-9(2)13(18-8-19-14)11-5-4-10(16)7-12(11)15/h4-5,7-8H,3,6H2,1-2H3,(H,17,18,19). The lowest BCUT2D eigenvalue weighted by Crippen LogP contribution is -2.05. The van der Waals surface area contributed by atoms with E-state index in [1.54, 1.807) is 6.07 Å². The molecule has 0 amide bonds. The highest BCUT2D eigenvalue weighted by molar-refractivity contribution is 6.33. The third-order valence-electron chi connectivity index (χ3n) is 2.81. The number of aromatic nitrogens is 2. The monoisotopic (exact) mass is 279 g/mol.